The molecule has 0 radical (unpaired) electrons. The Morgan fingerprint density at radius 1 is 0.889 bits per heavy atom. The number of carboxylic acids is 1. The minimum atomic E-state index is -1.49. The third-order valence-electron chi connectivity index (χ3n) is 4.45. The van der Waals surface area contributed by atoms with Crippen molar-refractivity contribution in [2.75, 3.05) is 5.32 Å². The van der Waals surface area contributed by atoms with E-state index in [1.807, 2.05) is 0 Å². The first kappa shape index (κ1) is 16.7. The number of carbonyl (C=O) groups excluding carboxylic acids is 3. The van der Waals surface area contributed by atoms with Crippen LogP contribution in [0.4, 0.5) is 10.1 Å². The molecule has 0 unspecified atom stereocenters. The summed E-state index contributed by atoms with van der Waals surface area (Å²) in [5.41, 5.74) is 1.62. The van der Waals surface area contributed by atoms with Gasteiger partial charge in [-0.3, -0.25) is 9.59 Å². The molecule has 0 spiro atoms. The molecule has 1 aliphatic carbocycles. The van der Waals surface area contributed by atoms with Crippen molar-refractivity contribution < 1.29 is 23.9 Å². The second kappa shape index (κ2) is 6.17. The normalized spacial score (nSPS) is 11.7. The van der Waals surface area contributed by atoms with E-state index in [4.69, 9.17) is 0 Å². The van der Waals surface area contributed by atoms with Crippen molar-refractivity contribution in [1.29, 1.82) is 0 Å². The van der Waals surface area contributed by atoms with Crippen LogP contribution in [0.5, 0.6) is 0 Å². The highest BCUT2D eigenvalue weighted by atomic mass is 19.1. The molecule has 0 heterocycles. The van der Waals surface area contributed by atoms with E-state index < -0.39 is 17.7 Å². The Hall–Kier alpha value is -3.80. The Morgan fingerprint density at radius 2 is 1.59 bits per heavy atom. The van der Waals surface area contributed by atoms with Gasteiger partial charge in [-0.15, -0.1) is 0 Å². The summed E-state index contributed by atoms with van der Waals surface area (Å²) in [6.45, 7) is 0. The Morgan fingerprint density at radius 3 is 2.33 bits per heavy atom. The molecule has 27 heavy (non-hydrogen) atoms. The number of carbonyl (C=O) groups is 3. The second-order valence-electron chi connectivity index (χ2n) is 6.04. The Kier molecular flexibility index (Phi) is 3.81. The first-order valence-electron chi connectivity index (χ1n) is 8.06. The number of hydrogen-bond donors (Lipinski definition) is 1. The lowest BCUT2D eigenvalue weighted by atomic mass is 10.00. The highest BCUT2D eigenvalue weighted by Crippen LogP contribution is 2.38. The third-order valence-corrected chi connectivity index (χ3v) is 4.45. The molecule has 6 heteroatoms. The van der Waals surface area contributed by atoms with Gasteiger partial charge in [-0.1, -0.05) is 42.5 Å². The Bertz CT molecular complexity index is 1140. The molecule has 1 amide bonds. The van der Waals surface area contributed by atoms with E-state index in [9.17, 15) is 23.9 Å². The first-order valence-corrected chi connectivity index (χ1v) is 8.06. The highest BCUT2D eigenvalue weighted by Gasteiger charge is 2.30. The monoisotopic (exact) mass is 360 g/mol. The Labute approximate surface area is 153 Å². The smallest absolute Gasteiger partial charge is 0.256 e. The summed E-state index contributed by atoms with van der Waals surface area (Å²) in [7, 11) is 0. The van der Waals surface area contributed by atoms with Gasteiger partial charge in [0.15, 0.2) is 5.78 Å². The SMILES string of the molecule is O=C([O-])c1ccc(F)c(NC(=O)c2cccc3c2C(=O)c2ccccc2-3)c1. The number of aromatic carboxylic acids is 1. The number of fused-ring (bicyclic) bond motifs is 3. The molecular weight excluding hydrogens is 349 g/mol. The number of hydrogen-bond acceptors (Lipinski definition) is 4. The number of rotatable bonds is 3. The van der Waals surface area contributed by atoms with Crippen LogP contribution >= 0.6 is 0 Å². The lowest BCUT2D eigenvalue weighted by molar-refractivity contribution is -0.255. The van der Waals surface area contributed by atoms with Crippen molar-refractivity contribution >= 4 is 23.3 Å². The first-order chi connectivity index (χ1) is 13.0. The molecule has 1 aliphatic rings. The summed E-state index contributed by atoms with van der Waals surface area (Å²) in [6.07, 6.45) is 0. The van der Waals surface area contributed by atoms with Crippen molar-refractivity contribution in [3.8, 4) is 11.1 Å². The van der Waals surface area contributed by atoms with E-state index in [2.05, 4.69) is 5.32 Å². The van der Waals surface area contributed by atoms with Crippen LogP contribution in [0.15, 0.2) is 60.7 Å². The molecule has 0 aromatic heterocycles. The molecule has 5 nitrogen and oxygen atoms in total. The Balaban J connectivity index is 1.75. The molecule has 0 bridgehead atoms. The van der Waals surface area contributed by atoms with Gasteiger partial charge < -0.3 is 15.2 Å². The van der Waals surface area contributed by atoms with Gasteiger partial charge in [-0.25, -0.2) is 4.39 Å². The van der Waals surface area contributed by atoms with Gasteiger partial charge in [0.1, 0.15) is 5.82 Å². The molecule has 3 aromatic carbocycles. The summed E-state index contributed by atoms with van der Waals surface area (Å²) < 4.78 is 14.0. The largest absolute Gasteiger partial charge is 0.545 e. The molecule has 0 aliphatic heterocycles. The van der Waals surface area contributed by atoms with Gasteiger partial charge in [-0.05, 0) is 34.9 Å². The molecule has 132 valence electrons. The molecule has 0 saturated heterocycles. The lowest BCUT2D eigenvalue weighted by Crippen LogP contribution is -2.23. The van der Waals surface area contributed by atoms with Crippen LogP contribution in [0.2, 0.25) is 0 Å². The van der Waals surface area contributed by atoms with Crippen LogP contribution in [0.3, 0.4) is 0 Å². The molecule has 1 N–H and O–H groups in total. The maximum absolute atomic E-state index is 14.0. The standard InChI is InChI=1S/C21H12FNO4/c22-16-9-8-11(21(26)27)10-17(16)23-20(25)15-7-3-6-13-12-4-1-2-5-14(12)19(24)18(13)15/h1-10H,(H,23,25)(H,26,27)/p-1. The minimum absolute atomic E-state index is 0.0898. The van der Waals surface area contributed by atoms with Crippen LogP contribution in [-0.4, -0.2) is 17.7 Å². The molecule has 0 saturated carbocycles. The van der Waals surface area contributed by atoms with Gasteiger partial charge in [0.05, 0.1) is 17.2 Å². The van der Waals surface area contributed by atoms with Crippen molar-refractivity contribution in [2.45, 2.75) is 0 Å². The number of amides is 1. The molecular formula is C21H11FNO4-. The summed E-state index contributed by atoms with van der Waals surface area (Å²) in [5, 5.41) is 13.3. The number of benzene rings is 3. The predicted octanol–water partition coefficient (Wildman–Crippen LogP) is 2.65. The van der Waals surface area contributed by atoms with E-state index in [0.29, 0.717) is 11.1 Å². The fraction of sp³-hybridized carbons (Fsp3) is 0. The quantitative estimate of drug-likeness (QED) is 0.609. The number of anilines is 1. The van der Waals surface area contributed by atoms with Crippen LogP contribution in [0.1, 0.15) is 36.6 Å². The zero-order chi connectivity index (χ0) is 19.1. The zero-order valence-electron chi connectivity index (χ0n) is 13.8. The topological polar surface area (TPSA) is 86.3 Å². The van der Waals surface area contributed by atoms with Gasteiger partial charge in [-0.2, -0.15) is 0 Å². The maximum atomic E-state index is 14.0. The molecule has 3 aromatic rings. The summed E-state index contributed by atoms with van der Waals surface area (Å²) in [6, 6.07) is 14.8. The van der Waals surface area contributed by atoms with Crippen LogP contribution in [0.25, 0.3) is 11.1 Å². The fourth-order valence-corrected chi connectivity index (χ4v) is 3.20. The molecule has 4 rings (SSSR count). The van der Waals surface area contributed by atoms with E-state index in [0.717, 1.165) is 23.8 Å². The predicted molar refractivity (Wildman–Crippen MR) is 94.0 cm³/mol. The van der Waals surface area contributed by atoms with Gasteiger partial charge in [0, 0.05) is 11.1 Å². The third kappa shape index (κ3) is 2.67. The van der Waals surface area contributed by atoms with Crippen molar-refractivity contribution in [3.63, 3.8) is 0 Å². The molecule has 0 atom stereocenters. The fourth-order valence-electron chi connectivity index (χ4n) is 3.20. The number of halogens is 1. The van der Waals surface area contributed by atoms with Crippen LogP contribution < -0.4 is 10.4 Å². The second-order valence-corrected chi connectivity index (χ2v) is 6.04. The average molecular weight is 360 g/mol. The van der Waals surface area contributed by atoms with E-state index in [1.165, 1.54) is 6.07 Å². The van der Waals surface area contributed by atoms with Gasteiger partial charge >= 0.3 is 0 Å². The van der Waals surface area contributed by atoms with Crippen molar-refractivity contribution in [3.05, 3.63) is 88.7 Å². The van der Waals surface area contributed by atoms with Crippen LogP contribution in [0, 0.1) is 5.82 Å². The van der Waals surface area contributed by atoms with Crippen molar-refractivity contribution in [1.82, 2.24) is 0 Å². The van der Waals surface area contributed by atoms with Crippen LogP contribution in [-0.2, 0) is 0 Å². The molecule has 0 fully saturated rings. The summed E-state index contributed by atoms with van der Waals surface area (Å²) >= 11 is 0. The lowest BCUT2D eigenvalue weighted by Gasteiger charge is -2.11. The zero-order valence-corrected chi connectivity index (χ0v) is 13.8. The minimum Gasteiger partial charge on any atom is -0.545 e. The number of ketones is 1. The van der Waals surface area contributed by atoms with E-state index in [1.54, 1.807) is 36.4 Å². The summed E-state index contributed by atoms with van der Waals surface area (Å²) in [4.78, 5) is 36.4. The van der Waals surface area contributed by atoms with E-state index >= 15 is 0 Å². The maximum Gasteiger partial charge on any atom is 0.256 e. The average Bonchev–Trinajstić information content (AvgIpc) is 2.96. The van der Waals surface area contributed by atoms with Gasteiger partial charge in [0.25, 0.3) is 5.91 Å². The highest BCUT2D eigenvalue weighted by molar-refractivity contribution is 6.26. The van der Waals surface area contributed by atoms with Gasteiger partial charge in [0.2, 0.25) is 0 Å². The van der Waals surface area contributed by atoms with E-state index in [-0.39, 0.29) is 28.2 Å². The summed E-state index contributed by atoms with van der Waals surface area (Å²) in [5.74, 6) is -3.27. The number of carboxylic acid groups (broad SMARTS) is 1. The number of nitrogens with one attached hydrogen (secondary N) is 1. The van der Waals surface area contributed by atoms with Crippen molar-refractivity contribution in [2.24, 2.45) is 0 Å².